The molecule has 1 rings (SSSR count). The van der Waals surface area contributed by atoms with Crippen molar-refractivity contribution in [2.24, 2.45) is 5.73 Å². The number of aryl methyl sites for hydroxylation is 1. The summed E-state index contributed by atoms with van der Waals surface area (Å²) < 4.78 is 0. The largest absolute Gasteiger partial charge is 0.323 e. The molecule has 58 valence electrons. The molecule has 0 saturated heterocycles. The van der Waals surface area contributed by atoms with Gasteiger partial charge in [-0.3, -0.25) is 0 Å². The standard InChI is InChI=1S/C8H10N2S/c1-6-7(3-5-11-6)8(10)2-4-9/h3,5,8H,2,10H2,1H3/t8-/m0/s1. The monoisotopic (exact) mass is 166 g/mol. The summed E-state index contributed by atoms with van der Waals surface area (Å²) in [5.74, 6) is 0. The predicted octanol–water partition coefficient (Wildman–Crippen LogP) is 1.97. The molecule has 0 fully saturated rings. The topological polar surface area (TPSA) is 49.8 Å². The minimum Gasteiger partial charge on any atom is -0.323 e. The summed E-state index contributed by atoms with van der Waals surface area (Å²) in [4.78, 5) is 1.22. The first kappa shape index (κ1) is 8.25. The van der Waals surface area contributed by atoms with Gasteiger partial charge >= 0.3 is 0 Å². The van der Waals surface area contributed by atoms with Gasteiger partial charge in [-0.05, 0) is 23.9 Å². The summed E-state index contributed by atoms with van der Waals surface area (Å²) in [6, 6.07) is 3.95. The van der Waals surface area contributed by atoms with Crippen LogP contribution >= 0.6 is 11.3 Å². The number of rotatable bonds is 2. The van der Waals surface area contributed by atoms with Crippen LogP contribution in [0.4, 0.5) is 0 Å². The van der Waals surface area contributed by atoms with E-state index in [1.165, 1.54) is 4.88 Å². The van der Waals surface area contributed by atoms with Crippen molar-refractivity contribution in [2.75, 3.05) is 0 Å². The van der Waals surface area contributed by atoms with Gasteiger partial charge in [-0.15, -0.1) is 11.3 Å². The number of nitrogens with zero attached hydrogens (tertiary/aromatic N) is 1. The van der Waals surface area contributed by atoms with Gasteiger partial charge in [0.15, 0.2) is 0 Å². The Bertz CT molecular complexity index is 272. The van der Waals surface area contributed by atoms with Crippen LogP contribution in [0.5, 0.6) is 0 Å². The Balaban J connectivity index is 2.77. The third-order valence-electron chi connectivity index (χ3n) is 1.61. The fraction of sp³-hybridized carbons (Fsp3) is 0.375. The first-order valence-corrected chi connectivity index (χ1v) is 4.30. The molecule has 0 unspecified atom stereocenters. The molecule has 1 aromatic heterocycles. The molecule has 11 heavy (non-hydrogen) atoms. The van der Waals surface area contributed by atoms with Crippen molar-refractivity contribution in [3.63, 3.8) is 0 Å². The molecule has 0 aliphatic carbocycles. The lowest BCUT2D eigenvalue weighted by Crippen LogP contribution is -2.08. The zero-order chi connectivity index (χ0) is 8.27. The van der Waals surface area contributed by atoms with E-state index < -0.39 is 0 Å². The average Bonchev–Trinajstić information content (AvgIpc) is 2.36. The Kier molecular flexibility index (Phi) is 2.64. The van der Waals surface area contributed by atoms with Crippen LogP contribution in [-0.4, -0.2) is 0 Å². The molecule has 0 aliphatic heterocycles. The summed E-state index contributed by atoms with van der Waals surface area (Å²) in [5.41, 5.74) is 6.84. The van der Waals surface area contributed by atoms with Crippen molar-refractivity contribution in [3.05, 3.63) is 21.9 Å². The number of nitrogens with two attached hydrogens (primary N) is 1. The lowest BCUT2D eigenvalue weighted by molar-refractivity contribution is 0.747. The molecule has 2 nitrogen and oxygen atoms in total. The van der Waals surface area contributed by atoms with E-state index in [-0.39, 0.29) is 6.04 Å². The Hall–Kier alpha value is -0.850. The van der Waals surface area contributed by atoms with Gasteiger partial charge in [0.25, 0.3) is 0 Å². The highest BCUT2D eigenvalue weighted by molar-refractivity contribution is 7.10. The second-order valence-electron chi connectivity index (χ2n) is 2.40. The molecule has 1 aromatic rings. The average molecular weight is 166 g/mol. The second-order valence-corrected chi connectivity index (χ2v) is 3.52. The molecule has 1 atom stereocenters. The highest BCUT2D eigenvalue weighted by Gasteiger charge is 2.08. The number of hydrogen-bond donors (Lipinski definition) is 1. The quantitative estimate of drug-likeness (QED) is 0.730. The van der Waals surface area contributed by atoms with Gasteiger partial charge in [0.05, 0.1) is 12.5 Å². The molecular formula is C8H10N2S. The molecular weight excluding hydrogens is 156 g/mol. The van der Waals surface area contributed by atoms with Crippen LogP contribution in [0.3, 0.4) is 0 Å². The van der Waals surface area contributed by atoms with Crippen molar-refractivity contribution < 1.29 is 0 Å². The Morgan fingerprint density at radius 1 is 1.82 bits per heavy atom. The molecule has 0 amide bonds. The number of thiophene rings is 1. The minimum absolute atomic E-state index is 0.105. The smallest absolute Gasteiger partial charge is 0.0641 e. The third kappa shape index (κ3) is 1.79. The molecule has 0 saturated carbocycles. The van der Waals surface area contributed by atoms with Crippen LogP contribution in [0.1, 0.15) is 22.9 Å². The maximum atomic E-state index is 8.40. The van der Waals surface area contributed by atoms with Crippen molar-refractivity contribution in [3.8, 4) is 6.07 Å². The van der Waals surface area contributed by atoms with Crippen LogP contribution in [0.2, 0.25) is 0 Å². The lowest BCUT2D eigenvalue weighted by Gasteiger charge is -2.05. The van der Waals surface area contributed by atoms with Gasteiger partial charge < -0.3 is 5.73 Å². The van der Waals surface area contributed by atoms with Gasteiger partial charge in [-0.2, -0.15) is 5.26 Å². The van der Waals surface area contributed by atoms with Gasteiger partial charge in [0.1, 0.15) is 0 Å². The summed E-state index contributed by atoms with van der Waals surface area (Å²) in [7, 11) is 0. The first-order valence-electron chi connectivity index (χ1n) is 3.42. The van der Waals surface area contributed by atoms with Crippen LogP contribution in [0, 0.1) is 18.3 Å². The maximum absolute atomic E-state index is 8.40. The van der Waals surface area contributed by atoms with Crippen LogP contribution in [0.15, 0.2) is 11.4 Å². The number of nitriles is 1. The highest BCUT2D eigenvalue weighted by Crippen LogP contribution is 2.22. The molecule has 0 aliphatic rings. The van der Waals surface area contributed by atoms with E-state index in [4.69, 9.17) is 11.0 Å². The second kappa shape index (κ2) is 3.51. The lowest BCUT2D eigenvalue weighted by atomic mass is 10.1. The summed E-state index contributed by atoms with van der Waals surface area (Å²) >= 11 is 1.67. The molecule has 3 heteroatoms. The first-order chi connectivity index (χ1) is 5.25. The van der Waals surface area contributed by atoms with Crippen LogP contribution in [-0.2, 0) is 0 Å². The third-order valence-corrected chi connectivity index (χ3v) is 2.47. The van der Waals surface area contributed by atoms with E-state index in [1.54, 1.807) is 11.3 Å². The van der Waals surface area contributed by atoms with E-state index in [9.17, 15) is 0 Å². The summed E-state index contributed by atoms with van der Waals surface area (Å²) in [5, 5.41) is 10.4. The van der Waals surface area contributed by atoms with Crippen molar-refractivity contribution in [1.82, 2.24) is 0 Å². The van der Waals surface area contributed by atoms with Crippen LogP contribution < -0.4 is 5.73 Å². The van der Waals surface area contributed by atoms with Crippen molar-refractivity contribution in [1.29, 1.82) is 5.26 Å². The predicted molar refractivity (Wildman–Crippen MR) is 46.2 cm³/mol. The molecule has 0 radical (unpaired) electrons. The Morgan fingerprint density at radius 3 is 3.00 bits per heavy atom. The van der Waals surface area contributed by atoms with Gasteiger partial charge in [-0.25, -0.2) is 0 Å². The fourth-order valence-corrected chi connectivity index (χ4v) is 1.76. The van der Waals surface area contributed by atoms with E-state index in [1.807, 2.05) is 18.4 Å². The van der Waals surface area contributed by atoms with E-state index in [0.29, 0.717) is 6.42 Å². The Morgan fingerprint density at radius 2 is 2.55 bits per heavy atom. The normalized spacial score (nSPS) is 12.5. The van der Waals surface area contributed by atoms with E-state index in [2.05, 4.69) is 6.07 Å². The summed E-state index contributed by atoms with van der Waals surface area (Å²) in [6.07, 6.45) is 0.400. The van der Waals surface area contributed by atoms with Gasteiger partial charge in [-0.1, -0.05) is 0 Å². The zero-order valence-electron chi connectivity index (χ0n) is 6.37. The van der Waals surface area contributed by atoms with E-state index >= 15 is 0 Å². The maximum Gasteiger partial charge on any atom is 0.0641 e. The molecule has 0 aromatic carbocycles. The van der Waals surface area contributed by atoms with Crippen molar-refractivity contribution >= 4 is 11.3 Å². The molecule has 2 N–H and O–H groups in total. The fourth-order valence-electron chi connectivity index (χ4n) is 0.988. The van der Waals surface area contributed by atoms with E-state index in [0.717, 1.165) is 5.56 Å². The minimum atomic E-state index is -0.105. The van der Waals surface area contributed by atoms with Gasteiger partial charge in [0.2, 0.25) is 0 Å². The van der Waals surface area contributed by atoms with Gasteiger partial charge in [0, 0.05) is 10.9 Å². The number of hydrogen-bond acceptors (Lipinski definition) is 3. The van der Waals surface area contributed by atoms with Crippen molar-refractivity contribution in [2.45, 2.75) is 19.4 Å². The highest BCUT2D eigenvalue weighted by atomic mass is 32.1. The zero-order valence-corrected chi connectivity index (χ0v) is 7.19. The summed E-state index contributed by atoms with van der Waals surface area (Å²) in [6.45, 7) is 2.03. The molecule has 0 spiro atoms. The molecule has 0 bridgehead atoms. The molecule has 1 heterocycles. The van der Waals surface area contributed by atoms with Crippen LogP contribution in [0.25, 0.3) is 0 Å². The Labute approximate surface area is 70.3 Å². The SMILES string of the molecule is Cc1sccc1[C@@H](N)CC#N.